The molecule has 0 fully saturated rings. The van der Waals surface area contributed by atoms with Gasteiger partial charge in [0.1, 0.15) is 5.75 Å². The first-order valence-electron chi connectivity index (χ1n) is 8.87. The summed E-state index contributed by atoms with van der Waals surface area (Å²) in [5.41, 5.74) is 3.37. The highest BCUT2D eigenvalue weighted by molar-refractivity contribution is 7.09. The molecule has 3 aromatic rings. The van der Waals surface area contributed by atoms with Crippen molar-refractivity contribution in [1.82, 2.24) is 10.2 Å². The molecular weight excluding hydrogens is 356 g/mol. The smallest absolute Gasteiger partial charge is 0.258 e. The topological polar surface area (TPSA) is 41.6 Å². The fraction of sp³-hybridized carbons (Fsp3) is 0.227. The molecule has 0 saturated carbocycles. The molecule has 0 saturated heterocycles. The van der Waals surface area contributed by atoms with Crippen LogP contribution in [-0.2, 0) is 17.9 Å². The van der Waals surface area contributed by atoms with E-state index in [0.717, 1.165) is 33.9 Å². The Morgan fingerprint density at radius 1 is 1.04 bits per heavy atom. The molecule has 0 aliphatic carbocycles. The van der Waals surface area contributed by atoms with Crippen molar-refractivity contribution in [3.63, 3.8) is 0 Å². The summed E-state index contributed by atoms with van der Waals surface area (Å²) in [7, 11) is 4.04. The molecule has 0 aliphatic rings. The van der Waals surface area contributed by atoms with Crippen molar-refractivity contribution in [3.8, 4) is 16.9 Å². The van der Waals surface area contributed by atoms with Crippen molar-refractivity contribution < 1.29 is 9.53 Å². The summed E-state index contributed by atoms with van der Waals surface area (Å²) in [4.78, 5) is 15.3. The molecule has 0 aliphatic heterocycles. The lowest BCUT2D eigenvalue weighted by Crippen LogP contribution is -2.28. The molecule has 1 aromatic heterocycles. The van der Waals surface area contributed by atoms with Crippen LogP contribution in [-0.4, -0.2) is 31.5 Å². The Bertz CT molecular complexity index is 861. The number of carbonyl (C=O) groups is 1. The first-order valence-corrected chi connectivity index (χ1v) is 9.75. The largest absolute Gasteiger partial charge is 0.483 e. The van der Waals surface area contributed by atoms with E-state index in [-0.39, 0.29) is 12.5 Å². The number of ether oxygens (including phenoxy) is 1. The van der Waals surface area contributed by atoms with E-state index in [9.17, 15) is 4.79 Å². The number of rotatable bonds is 8. The number of nitrogens with zero attached hydrogens (tertiary/aromatic N) is 1. The van der Waals surface area contributed by atoms with Gasteiger partial charge < -0.3 is 15.0 Å². The first kappa shape index (κ1) is 19.1. The average Bonchev–Trinajstić information content (AvgIpc) is 3.19. The van der Waals surface area contributed by atoms with Gasteiger partial charge in [-0.1, -0.05) is 42.5 Å². The number of benzene rings is 2. The van der Waals surface area contributed by atoms with Crippen molar-refractivity contribution in [2.75, 3.05) is 20.7 Å². The van der Waals surface area contributed by atoms with Crippen molar-refractivity contribution >= 4 is 17.2 Å². The van der Waals surface area contributed by atoms with E-state index < -0.39 is 0 Å². The molecule has 1 N–H and O–H groups in total. The average molecular weight is 381 g/mol. The molecule has 4 nitrogen and oxygen atoms in total. The Morgan fingerprint density at radius 3 is 2.56 bits per heavy atom. The summed E-state index contributed by atoms with van der Waals surface area (Å²) >= 11 is 1.63. The molecular formula is C22H24N2O2S. The number of carbonyl (C=O) groups excluding carboxylic acids is 1. The predicted octanol–water partition coefficient (Wildman–Crippen LogP) is 4.17. The maximum absolute atomic E-state index is 12.1. The van der Waals surface area contributed by atoms with Crippen LogP contribution in [0.4, 0.5) is 0 Å². The molecule has 0 spiro atoms. The molecule has 27 heavy (non-hydrogen) atoms. The number of amides is 1. The molecule has 0 unspecified atom stereocenters. The normalized spacial score (nSPS) is 10.8. The predicted molar refractivity (Wildman–Crippen MR) is 111 cm³/mol. The molecule has 0 atom stereocenters. The molecule has 3 rings (SSSR count). The third-order valence-corrected chi connectivity index (χ3v) is 4.93. The van der Waals surface area contributed by atoms with Crippen LogP contribution in [0.1, 0.15) is 10.4 Å². The highest BCUT2D eigenvalue weighted by atomic mass is 32.1. The second kappa shape index (κ2) is 9.35. The van der Waals surface area contributed by atoms with Crippen LogP contribution >= 0.6 is 11.3 Å². The van der Waals surface area contributed by atoms with Crippen LogP contribution in [0.15, 0.2) is 66.0 Å². The van der Waals surface area contributed by atoms with Gasteiger partial charge in [-0.15, -0.1) is 11.3 Å². The van der Waals surface area contributed by atoms with Crippen LogP contribution < -0.4 is 10.1 Å². The van der Waals surface area contributed by atoms with Crippen LogP contribution in [0.5, 0.6) is 5.75 Å². The fourth-order valence-corrected chi connectivity index (χ4v) is 3.43. The van der Waals surface area contributed by atoms with Gasteiger partial charge in [0.15, 0.2) is 6.61 Å². The van der Waals surface area contributed by atoms with E-state index in [1.54, 1.807) is 11.3 Å². The van der Waals surface area contributed by atoms with Crippen molar-refractivity contribution in [1.29, 1.82) is 0 Å². The minimum absolute atomic E-state index is 0.0104. The zero-order chi connectivity index (χ0) is 19.1. The Hall–Kier alpha value is -2.63. The van der Waals surface area contributed by atoms with Crippen molar-refractivity contribution in [2.45, 2.75) is 13.1 Å². The molecule has 1 amide bonds. The molecule has 5 heteroatoms. The maximum Gasteiger partial charge on any atom is 0.258 e. The van der Waals surface area contributed by atoms with Crippen molar-refractivity contribution in [3.05, 3.63) is 76.5 Å². The van der Waals surface area contributed by atoms with Gasteiger partial charge in [0, 0.05) is 17.0 Å². The van der Waals surface area contributed by atoms with E-state index in [0.29, 0.717) is 6.54 Å². The highest BCUT2D eigenvalue weighted by Crippen LogP contribution is 2.27. The molecule has 140 valence electrons. The van der Waals surface area contributed by atoms with Crippen LogP contribution in [0.2, 0.25) is 0 Å². The second-order valence-electron chi connectivity index (χ2n) is 6.57. The number of hydrogen-bond acceptors (Lipinski definition) is 4. The van der Waals surface area contributed by atoms with Crippen molar-refractivity contribution in [2.24, 2.45) is 0 Å². The quantitative estimate of drug-likeness (QED) is 0.638. The van der Waals surface area contributed by atoms with Gasteiger partial charge in [0.05, 0.1) is 6.54 Å². The van der Waals surface area contributed by atoms with Gasteiger partial charge in [0.25, 0.3) is 5.91 Å². The van der Waals surface area contributed by atoms with Gasteiger partial charge in [0.2, 0.25) is 0 Å². The lowest BCUT2D eigenvalue weighted by molar-refractivity contribution is -0.123. The van der Waals surface area contributed by atoms with Gasteiger partial charge >= 0.3 is 0 Å². The third kappa shape index (κ3) is 5.67. The monoisotopic (exact) mass is 380 g/mol. The van der Waals surface area contributed by atoms with Gasteiger partial charge in [-0.25, -0.2) is 0 Å². The third-order valence-electron chi connectivity index (χ3n) is 4.05. The Labute approximate surface area is 164 Å². The second-order valence-corrected chi connectivity index (χ2v) is 7.60. The minimum Gasteiger partial charge on any atom is -0.483 e. The SMILES string of the molecule is CN(C)Cc1cc(-c2ccccc2)ccc1OCC(=O)NCc1cccs1. The lowest BCUT2D eigenvalue weighted by Gasteiger charge is -2.16. The van der Waals surface area contributed by atoms with E-state index in [4.69, 9.17) is 4.74 Å². The van der Waals surface area contributed by atoms with Gasteiger partial charge in [-0.05, 0) is 48.8 Å². The van der Waals surface area contributed by atoms with E-state index in [1.807, 2.05) is 61.9 Å². The standard InChI is InChI=1S/C22H24N2O2S/c1-24(2)15-19-13-18(17-7-4-3-5-8-17)10-11-21(19)26-16-22(25)23-14-20-9-6-12-27-20/h3-13H,14-16H2,1-2H3,(H,23,25). The summed E-state index contributed by atoms with van der Waals surface area (Å²) in [5.74, 6) is 0.626. The summed E-state index contributed by atoms with van der Waals surface area (Å²) in [6, 6.07) is 20.4. The molecule has 0 bridgehead atoms. The van der Waals surface area contributed by atoms with Crippen LogP contribution in [0.25, 0.3) is 11.1 Å². The fourth-order valence-electron chi connectivity index (χ4n) is 2.79. The first-order chi connectivity index (χ1) is 13.1. The number of thiophene rings is 1. The molecule has 1 heterocycles. The van der Waals surface area contributed by atoms with Crippen LogP contribution in [0, 0.1) is 0 Å². The Morgan fingerprint density at radius 2 is 1.85 bits per heavy atom. The maximum atomic E-state index is 12.1. The van der Waals surface area contributed by atoms with Gasteiger partial charge in [-0.3, -0.25) is 4.79 Å². The molecule has 2 aromatic carbocycles. The molecule has 0 radical (unpaired) electrons. The minimum atomic E-state index is -0.119. The summed E-state index contributed by atoms with van der Waals surface area (Å²) in [5, 5.41) is 4.89. The lowest BCUT2D eigenvalue weighted by atomic mass is 10.0. The number of nitrogens with one attached hydrogen (secondary N) is 1. The van der Waals surface area contributed by atoms with E-state index >= 15 is 0 Å². The summed E-state index contributed by atoms with van der Waals surface area (Å²) < 4.78 is 5.83. The zero-order valence-corrected chi connectivity index (χ0v) is 16.5. The van der Waals surface area contributed by atoms with E-state index in [2.05, 4.69) is 28.4 Å². The Balaban J connectivity index is 1.67. The van der Waals surface area contributed by atoms with Crippen LogP contribution in [0.3, 0.4) is 0 Å². The zero-order valence-electron chi connectivity index (χ0n) is 15.6. The van der Waals surface area contributed by atoms with Gasteiger partial charge in [-0.2, -0.15) is 0 Å². The van der Waals surface area contributed by atoms with E-state index in [1.165, 1.54) is 0 Å². The number of hydrogen-bond donors (Lipinski definition) is 1. The summed E-state index contributed by atoms with van der Waals surface area (Å²) in [6.45, 7) is 1.29. The Kier molecular flexibility index (Phi) is 6.63. The summed E-state index contributed by atoms with van der Waals surface area (Å²) in [6.07, 6.45) is 0. The highest BCUT2D eigenvalue weighted by Gasteiger charge is 2.10.